The van der Waals surface area contributed by atoms with Gasteiger partial charge in [-0.25, -0.2) is 9.59 Å². The summed E-state index contributed by atoms with van der Waals surface area (Å²) >= 11 is 0. The van der Waals surface area contributed by atoms with Crippen LogP contribution in [0, 0.1) is 0 Å². The molecule has 0 bridgehead atoms. The molecule has 3 rings (SSSR count). The molecule has 47 heavy (non-hydrogen) atoms. The monoisotopic (exact) mass is 643 g/mol. The Morgan fingerprint density at radius 3 is 1.62 bits per heavy atom. The number of carbonyl (C=O) groups is 4. The number of rotatable bonds is 12. The van der Waals surface area contributed by atoms with Crippen molar-refractivity contribution in [3.8, 4) is 0 Å². The van der Waals surface area contributed by atoms with Gasteiger partial charge in [0.1, 0.15) is 29.3 Å². The van der Waals surface area contributed by atoms with Crippen molar-refractivity contribution in [2.24, 2.45) is 0 Å². The second-order valence-corrected chi connectivity index (χ2v) is 13.6. The van der Waals surface area contributed by atoms with Gasteiger partial charge in [-0.3, -0.25) is 9.59 Å². The lowest BCUT2D eigenvalue weighted by Gasteiger charge is -2.33. The number of hydrogen-bond acceptors (Lipinski definition) is 6. The van der Waals surface area contributed by atoms with Crippen LogP contribution < -0.4 is 10.6 Å². The van der Waals surface area contributed by atoms with E-state index in [1.807, 2.05) is 79.7 Å². The largest absolute Gasteiger partial charge is 0.458 e. The summed E-state index contributed by atoms with van der Waals surface area (Å²) in [7, 11) is 1.52. The topological polar surface area (TPSA) is 114 Å². The lowest BCUT2D eigenvalue weighted by molar-refractivity contribution is -0.159. The Kier molecular flexibility index (Phi) is 12.7. The minimum atomic E-state index is -1.13. The number of alkyl carbamates (subject to hydrolysis) is 1. The van der Waals surface area contributed by atoms with Crippen LogP contribution in [0.15, 0.2) is 84.9 Å². The molecule has 0 heterocycles. The number of nitrogens with one attached hydrogen (secondary N) is 2. The van der Waals surface area contributed by atoms with E-state index in [2.05, 4.69) is 10.6 Å². The number of carbonyl (C=O) groups excluding carboxylic acids is 4. The van der Waals surface area contributed by atoms with Crippen molar-refractivity contribution in [2.75, 3.05) is 7.05 Å². The molecule has 2 N–H and O–H groups in total. The maximum Gasteiger partial charge on any atom is 0.408 e. The molecule has 0 spiro atoms. The normalized spacial score (nSPS) is 13.4. The second kappa shape index (κ2) is 16.3. The molecule has 252 valence electrons. The van der Waals surface area contributed by atoms with E-state index in [1.54, 1.807) is 53.7 Å². The van der Waals surface area contributed by atoms with Crippen LogP contribution in [0.3, 0.4) is 0 Å². The molecule has 3 atom stereocenters. The SMILES string of the molecule is CCc1ccc(C(C(=O)NC(Cc2ccccc2)C(=O)OC(C)(C)C)N(C)C(=O)C(Cc2ccccc2)NC(=O)OC(C)(C)C)cc1. The van der Waals surface area contributed by atoms with E-state index in [9.17, 15) is 19.2 Å². The molecular formula is C38H49N3O6. The van der Waals surface area contributed by atoms with E-state index in [0.29, 0.717) is 5.56 Å². The Labute approximate surface area is 279 Å². The summed E-state index contributed by atoms with van der Waals surface area (Å²) in [5.74, 6) is -1.65. The van der Waals surface area contributed by atoms with Gasteiger partial charge < -0.3 is 25.0 Å². The molecule has 0 aliphatic heterocycles. The van der Waals surface area contributed by atoms with Gasteiger partial charge in [-0.2, -0.15) is 0 Å². The Bertz CT molecular complexity index is 1480. The first-order valence-electron chi connectivity index (χ1n) is 16.0. The number of likely N-dealkylation sites (N-methyl/N-ethyl adjacent to an activating group) is 1. The predicted octanol–water partition coefficient (Wildman–Crippen LogP) is 5.95. The predicted molar refractivity (Wildman–Crippen MR) is 183 cm³/mol. The zero-order valence-corrected chi connectivity index (χ0v) is 28.8. The van der Waals surface area contributed by atoms with Gasteiger partial charge >= 0.3 is 12.1 Å². The van der Waals surface area contributed by atoms with Crippen LogP contribution in [0.2, 0.25) is 0 Å². The van der Waals surface area contributed by atoms with Gasteiger partial charge in [0.05, 0.1) is 0 Å². The Balaban J connectivity index is 2.00. The van der Waals surface area contributed by atoms with Crippen molar-refractivity contribution in [1.29, 1.82) is 0 Å². The zero-order valence-electron chi connectivity index (χ0n) is 28.8. The second-order valence-electron chi connectivity index (χ2n) is 13.6. The van der Waals surface area contributed by atoms with E-state index in [-0.39, 0.29) is 12.8 Å². The van der Waals surface area contributed by atoms with Crippen LogP contribution >= 0.6 is 0 Å². The van der Waals surface area contributed by atoms with Gasteiger partial charge in [0.25, 0.3) is 0 Å². The van der Waals surface area contributed by atoms with Crippen LogP contribution in [-0.4, -0.2) is 59.1 Å². The fourth-order valence-electron chi connectivity index (χ4n) is 5.03. The third-order valence-corrected chi connectivity index (χ3v) is 7.25. The Morgan fingerprint density at radius 1 is 0.660 bits per heavy atom. The van der Waals surface area contributed by atoms with E-state index in [1.165, 1.54) is 11.9 Å². The van der Waals surface area contributed by atoms with Crippen molar-refractivity contribution in [1.82, 2.24) is 15.5 Å². The minimum Gasteiger partial charge on any atom is -0.458 e. The lowest BCUT2D eigenvalue weighted by Crippen LogP contribution is -2.54. The van der Waals surface area contributed by atoms with E-state index in [4.69, 9.17) is 9.47 Å². The molecule has 0 aliphatic rings. The van der Waals surface area contributed by atoms with Gasteiger partial charge in [-0.1, -0.05) is 91.9 Å². The van der Waals surface area contributed by atoms with Gasteiger partial charge in [0, 0.05) is 19.9 Å². The first kappa shape index (κ1) is 36.8. The first-order valence-corrected chi connectivity index (χ1v) is 16.0. The molecule has 3 unspecified atom stereocenters. The molecule has 9 heteroatoms. The summed E-state index contributed by atoms with van der Waals surface area (Å²) in [6.45, 7) is 12.5. The molecule has 0 saturated heterocycles. The summed E-state index contributed by atoms with van der Waals surface area (Å²) in [5.41, 5.74) is 1.70. The molecule has 0 saturated carbocycles. The minimum absolute atomic E-state index is 0.168. The molecular weight excluding hydrogens is 594 g/mol. The fourth-order valence-corrected chi connectivity index (χ4v) is 5.03. The Hall–Kier alpha value is -4.66. The summed E-state index contributed by atoms with van der Waals surface area (Å²) in [6.07, 6.45) is 0.405. The van der Waals surface area contributed by atoms with E-state index < -0.39 is 53.2 Å². The molecule has 3 aromatic rings. The van der Waals surface area contributed by atoms with Crippen molar-refractivity contribution >= 4 is 23.9 Å². The maximum atomic E-state index is 14.3. The molecule has 9 nitrogen and oxygen atoms in total. The van der Waals surface area contributed by atoms with Crippen LogP contribution in [0.5, 0.6) is 0 Å². The van der Waals surface area contributed by atoms with Crippen molar-refractivity contribution in [2.45, 2.75) is 97.1 Å². The fraction of sp³-hybridized carbons (Fsp3) is 0.421. The van der Waals surface area contributed by atoms with Gasteiger partial charge in [0.2, 0.25) is 11.8 Å². The van der Waals surface area contributed by atoms with Crippen LogP contribution in [0.25, 0.3) is 0 Å². The highest BCUT2D eigenvalue weighted by atomic mass is 16.6. The Morgan fingerprint density at radius 2 is 1.15 bits per heavy atom. The molecule has 0 fully saturated rings. The number of benzene rings is 3. The molecule has 0 radical (unpaired) electrons. The van der Waals surface area contributed by atoms with Crippen LogP contribution in [0.4, 0.5) is 4.79 Å². The average molecular weight is 644 g/mol. The van der Waals surface area contributed by atoms with Gasteiger partial charge in [0.15, 0.2) is 0 Å². The van der Waals surface area contributed by atoms with E-state index in [0.717, 1.165) is 23.1 Å². The highest BCUT2D eigenvalue weighted by molar-refractivity contribution is 5.94. The van der Waals surface area contributed by atoms with Gasteiger partial charge in [-0.15, -0.1) is 0 Å². The average Bonchev–Trinajstić information content (AvgIpc) is 2.99. The highest BCUT2D eigenvalue weighted by Gasteiger charge is 2.36. The summed E-state index contributed by atoms with van der Waals surface area (Å²) < 4.78 is 11.2. The third-order valence-electron chi connectivity index (χ3n) is 7.25. The quantitative estimate of drug-likeness (QED) is 0.236. The number of amides is 3. The number of nitrogens with zero attached hydrogens (tertiary/aromatic N) is 1. The standard InChI is InChI=1S/C38H49N3O6/c1-9-26-20-22-29(23-21-26)32(33(42)39-31(35(44)46-37(2,3)4)25-28-18-14-11-15-19-28)41(8)34(43)30(24-27-16-12-10-13-17-27)40-36(45)47-38(5,6)7/h10-23,30-32H,9,24-25H2,1-8H3,(H,39,42)(H,40,45). The molecule has 0 aliphatic carbocycles. The smallest absolute Gasteiger partial charge is 0.408 e. The van der Waals surface area contributed by atoms with Crippen LogP contribution in [-0.2, 0) is 43.1 Å². The molecule has 3 aromatic carbocycles. The summed E-state index contributed by atoms with van der Waals surface area (Å²) in [5, 5.41) is 5.62. The van der Waals surface area contributed by atoms with Gasteiger partial charge in [-0.05, 0) is 70.2 Å². The van der Waals surface area contributed by atoms with Crippen molar-refractivity contribution in [3.05, 3.63) is 107 Å². The van der Waals surface area contributed by atoms with Crippen molar-refractivity contribution in [3.63, 3.8) is 0 Å². The summed E-state index contributed by atoms with van der Waals surface area (Å²) in [6, 6.07) is 22.8. The number of ether oxygens (including phenoxy) is 2. The maximum absolute atomic E-state index is 14.3. The molecule has 3 amide bonds. The number of esters is 1. The first-order chi connectivity index (χ1) is 22.1. The highest BCUT2D eigenvalue weighted by Crippen LogP contribution is 2.24. The zero-order chi connectivity index (χ0) is 34.8. The van der Waals surface area contributed by atoms with E-state index >= 15 is 0 Å². The lowest BCUT2D eigenvalue weighted by atomic mass is 9.98. The summed E-state index contributed by atoms with van der Waals surface area (Å²) in [4.78, 5) is 56.2. The number of hydrogen-bond donors (Lipinski definition) is 2. The third kappa shape index (κ3) is 11.9. The number of aryl methyl sites for hydroxylation is 1. The molecule has 0 aromatic heterocycles. The van der Waals surface area contributed by atoms with Crippen molar-refractivity contribution < 1.29 is 28.7 Å². The van der Waals surface area contributed by atoms with Crippen LogP contribution in [0.1, 0.15) is 76.8 Å².